The Morgan fingerprint density at radius 2 is 2.28 bits per heavy atom. The first-order valence-electron chi connectivity index (χ1n) is 5.01. The topological polar surface area (TPSA) is 52.0 Å². The summed E-state index contributed by atoms with van der Waals surface area (Å²) in [7, 11) is 1.51. The zero-order valence-electron chi connectivity index (χ0n) is 9.47. The molecule has 0 amide bonds. The van der Waals surface area contributed by atoms with Crippen molar-refractivity contribution in [2.45, 2.75) is 0 Å². The molecule has 2 rings (SSSR count). The van der Waals surface area contributed by atoms with Crippen LogP contribution in [0.2, 0.25) is 10.0 Å². The second-order valence-electron chi connectivity index (χ2n) is 3.35. The van der Waals surface area contributed by atoms with Crippen LogP contribution in [0.15, 0.2) is 30.9 Å². The molecule has 0 spiro atoms. The van der Waals surface area contributed by atoms with Crippen LogP contribution in [0.25, 0.3) is 11.9 Å². The van der Waals surface area contributed by atoms with Crippen LogP contribution in [0.3, 0.4) is 0 Å². The van der Waals surface area contributed by atoms with Crippen molar-refractivity contribution in [3.63, 3.8) is 0 Å². The molecule has 2 aromatic rings. The minimum Gasteiger partial charge on any atom is -0.279 e. The number of benzene rings is 1. The molecule has 0 aliphatic heterocycles. The van der Waals surface area contributed by atoms with Gasteiger partial charge in [0.25, 0.3) is 0 Å². The van der Waals surface area contributed by atoms with Gasteiger partial charge in [0.1, 0.15) is 12.7 Å². The molecular weight excluding hydrogens is 275 g/mol. The molecule has 0 unspecified atom stereocenters. The Kier molecular flexibility index (Phi) is 4.19. The van der Waals surface area contributed by atoms with Crippen LogP contribution < -0.4 is 5.48 Å². The monoisotopic (exact) mass is 284 g/mol. The number of nitrogens with zero attached hydrogens (tertiary/aromatic N) is 3. The Morgan fingerprint density at radius 1 is 1.44 bits per heavy atom. The van der Waals surface area contributed by atoms with Crippen molar-refractivity contribution in [3.05, 3.63) is 46.5 Å². The van der Waals surface area contributed by atoms with E-state index < -0.39 is 0 Å². The number of halogens is 2. The molecule has 1 N–H and O–H groups in total. The van der Waals surface area contributed by atoms with Gasteiger partial charge in [0.15, 0.2) is 0 Å². The first-order chi connectivity index (χ1) is 8.70. The maximum atomic E-state index is 6.13. The molecule has 18 heavy (non-hydrogen) atoms. The van der Waals surface area contributed by atoms with Gasteiger partial charge >= 0.3 is 0 Å². The second kappa shape index (κ2) is 5.86. The van der Waals surface area contributed by atoms with Crippen molar-refractivity contribution >= 4 is 35.1 Å². The normalized spacial score (nSPS) is 11.6. The van der Waals surface area contributed by atoms with Crippen molar-refractivity contribution in [2.75, 3.05) is 7.11 Å². The van der Waals surface area contributed by atoms with Crippen LogP contribution >= 0.6 is 23.2 Å². The lowest BCUT2D eigenvalue weighted by Crippen LogP contribution is -2.11. The predicted octanol–water partition coefficient (Wildman–Crippen LogP) is 2.69. The summed E-state index contributed by atoms with van der Waals surface area (Å²) < 4.78 is 1.53. The standard InChI is InChI=1S/C11H10Cl2N4O/c1-18-16-11(5-17-7-14-6-15-17)9-3-2-8(12)4-10(9)13/h2-7,16H,1H3. The molecule has 0 bridgehead atoms. The second-order valence-corrected chi connectivity index (χ2v) is 4.19. The first kappa shape index (κ1) is 12.9. The van der Waals surface area contributed by atoms with Gasteiger partial charge in [-0.25, -0.2) is 9.67 Å². The fourth-order valence-electron chi connectivity index (χ4n) is 1.39. The smallest absolute Gasteiger partial charge is 0.138 e. The zero-order chi connectivity index (χ0) is 13.0. The summed E-state index contributed by atoms with van der Waals surface area (Å²) in [5.74, 6) is 0. The van der Waals surface area contributed by atoms with Gasteiger partial charge in [-0.05, 0) is 18.2 Å². The van der Waals surface area contributed by atoms with Gasteiger partial charge in [0, 0.05) is 10.6 Å². The lowest BCUT2D eigenvalue weighted by molar-refractivity contribution is 0.137. The van der Waals surface area contributed by atoms with E-state index in [1.54, 1.807) is 30.7 Å². The molecule has 5 nitrogen and oxygen atoms in total. The SMILES string of the molecule is CONC(=Cn1cncn1)c1ccc(Cl)cc1Cl. The van der Waals surface area contributed by atoms with Crippen LogP contribution in [0.4, 0.5) is 0 Å². The number of hydrogen-bond donors (Lipinski definition) is 1. The summed E-state index contributed by atoms with van der Waals surface area (Å²) in [5.41, 5.74) is 4.13. The molecule has 0 radical (unpaired) electrons. The van der Waals surface area contributed by atoms with E-state index in [1.807, 2.05) is 0 Å². The zero-order valence-corrected chi connectivity index (χ0v) is 11.0. The molecule has 0 atom stereocenters. The number of hydrogen-bond acceptors (Lipinski definition) is 4. The number of nitrogens with one attached hydrogen (secondary N) is 1. The Hall–Kier alpha value is -1.56. The number of rotatable bonds is 4. The van der Waals surface area contributed by atoms with Crippen LogP contribution in [-0.4, -0.2) is 21.9 Å². The summed E-state index contributed by atoms with van der Waals surface area (Å²) in [6, 6.07) is 5.19. The quantitative estimate of drug-likeness (QED) is 0.877. The molecule has 0 saturated heterocycles. The third kappa shape index (κ3) is 3.01. The van der Waals surface area contributed by atoms with E-state index in [1.165, 1.54) is 18.1 Å². The Labute approximate surface area is 114 Å². The molecule has 0 aliphatic carbocycles. The first-order valence-corrected chi connectivity index (χ1v) is 5.76. The van der Waals surface area contributed by atoms with E-state index >= 15 is 0 Å². The molecule has 1 aromatic carbocycles. The third-order valence-electron chi connectivity index (χ3n) is 2.13. The van der Waals surface area contributed by atoms with Gasteiger partial charge in [0.05, 0.1) is 24.0 Å². The lowest BCUT2D eigenvalue weighted by Gasteiger charge is -2.10. The summed E-state index contributed by atoms with van der Waals surface area (Å²) in [5, 5.41) is 5.06. The van der Waals surface area contributed by atoms with Gasteiger partial charge < -0.3 is 0 Å². The third-order valence-corrected chi connectivity index (χ3v) is 2.68. The number of aromatic nitrogens is 3. The Bertz CT molecular complexity index is 554. The maximum Gasteiger partial charge on any atom is 0.138 e. The minimum absolute atomic E-state index is 0.512. The van der Waals surface area contributed by atoms with E-state index in [0.717, 1.165) is 5.56 Å². The van der Waals surface area contributed by atoms with Crippen LogP contribution in [0.5, 0.6) is 0 Å². The molecule has 94 valence electrons. The Morgan fingerprint density at radius 3 is 2.89 bits per heavy atom. The Balaban J connectivity index is 2.41. The highest BCUT2D eigenvalue weighted by molar-refractivity contribution is 6.35. The average Bonchev–Trinajstić information content (AvgIpc) is 2.81. The summed E-state index contributed by atoms with van der Waals surface area (Å²) in [6.07, 6.45) is 4.69. The van der Waals surface area contributed by atoms with Crippen molar-refractivity contribution in [3.8, 4) is 0 Å². The van der Waals surface area contributed by atoms with Crippen LogP contribution in [-0.2, 0) is 4.84 Å². The molecule has 0 fully saturated rings. The van der Waals surface area contributed by atoms with Gasteiger partial charge in [-0.2, -0.15) is 5.10 Å². The van der Waals surface area contributed by atoms with Crippen molar-refractivity contribution in [2.24, 2.45) is 0 Å². The molecule has 7 heteroatoms. The van der Waals surface area contributed by atoms with E-state index in [0.29, 0.717) is 15.7 Å². The fraction of sp³-hybridized carbons (Fsp3) is 0.0909. The lowest BCUT2D eigenvalue weighted by atomic mass is 10.2. The van der Waals surface area contributed by atoms with E-state index in [4.69, 9.17) is 28.0 Å². The van der Waals surface area contributed by atoms with Crippen LogP contribution in [0.1, 0.15) is 5.56 Å². The summed E-state index contributed by atoms with van der Waals surface area (Å²) in [4.78, 5) is 8.77. The van der Waals surface area contributed by atoms with Gasteiger partial charge in [-0.15, -0.1) is 0 Å². The predicted molar refractivity (Wildman–Crippen MR) is 70.8 cm³/mol. The molecule has 0 saturated carbocycles. The van der Waals surface area contributed by atoms with Crippen molar-refractivity contribution in [1.29, 1.82) is 0 Å². The molecule has 1 aromatic heterocycles. The van der Waals surface area contributed by atoms with Gasteiger partial charge in [-0.1, -0.05) is 23.2 Å². The van der Waals surface area contributed by atoms with Crippen LogP contribution in [0, 0.1) is 0 Å². The van der Waals surface area contributed by atoms with E-state index in [9.17, 15) is 0 Å². The minimum atomic E-state index is 0.512. The molecule has 1 heterocycles. The largest absolute Gasteiger partial charge is 0.279 e. The van der Waals surface area contributed by atoms with Crippen molar-refractivity contribution in [1.82, 2.24) is 20.2 Å². The summed E-state index contributed by atoms with van der Waals surface area (Å²) in [6.45, 7) is 0. The van der Waals surface area contributed by atoms with Crippen molar-refractivity contribution < 1.29 is 4.84 Å². The van der Waals surface area contributed by atoms with Gasteiger partial charge in [-0.3, -0.25) is 10.3 Å². The highest BCUT2D eigenvalue weighted by Gasteiger charge is 2.07. The average molecular weight is 285 g/mol. The summed E-state index contributed by atoms with van der Waals surface area (Å²) >= 11 is 12.0. The van der Waals surface area contributed by atoms with E-state index in [-0.39, 0.29) is 0 Å². The number of hydroxylamine groups is 1. The maximum absolute atomic E-state index is 6.13. The highest BCUT2D eigenvalue weighted by atomic mass is 35.5. The molecule has 0 aliphatic rings. The fourth-order valence-corrected chi connectivity index (χ4v) is 1.90. The molecular formula is C11H10Cl2N4O. The highest BCUT2D eigenvalue weighted by Crippen LogP contribution is 2.26. The van der Waals surface area contributed by atoms with Gasteiger partial charge in [0.2, 0.25) is 0 Å². The van der Waals surface area contributed by atoms with E-state index in [2.05, 4.69) is 15.6 Å².